The van der Waals surface area contributed by atoms with Crippen molar-refractivity contribution in [1.29, 1.82) is 0 Å². The monoisotopic (exact) mass is 392 g/mol. The topological polar surface area (TPSA) is 67.4 Å². The van der Waals surface area contributed by atoms with Gasteiger partial charge in [0.25, 0.3) is 5.91 Å². The Kier molecular flexibility index (Phi) is 7.19. The Morgan fingerprint density at radius 3 is 2.38 bits per heavy atom. The van der Waals surface area contributed by atoms with Gasteiger partial charge < -0.3 is 15.4 Å². The molecule has 2 atom stereocenters. The van der Waals surface area contributed by atoms with Crippen molar-refractivity contribution in [2.45, 2.75) is 25.8 Å². The summed E-state index contributed by atoms with van der Waals surface area (Å²) in [6, 6.07) is 17.2. The second-order valence-corrected chi connectivity index (χ2v) is 7.37. The van der Waals surface area contributed by atoms with Crippen molar-refractivity contribution in [1.82, 2.24) is 10.6 Å². The van der Waals surface area contributed by atoms with E-state index >= 15 is 0 Å². The first-order valence-electron chi connectivity index (χ1n) is 10.0. The van der Waals surface area contributed by atoms with Gasteiger partial charge in [0, 0.05) is 18.2 Å². The second kappa shape index (κ2) is 10.0. The molecule has 29 heavy (non-hydrogen) atoms. The van der Waals surface area contributed by atoms with Crippen LogP contribution in [0.25, 0.3) is 11.1 Å². The molecule has 1 heterocycles. The van der Waals surface area contributed by atoms with Gasteiger partial charge in [0.15, 0.2) is 0 Å². The Bertz CT molecular complexity index is 859. The van der Waals surface area contributed by atoms with E-state index in [1.54, 1.807) is 0 Å². The fraction of sp³-hybridized carbons (Fsp3) is 0.333. The molecule has 0 aliphatic carbocycles. The summed E-state index contributed by atoms with van der Waals surface area (Å²) >= 11 is 0. The third-order valence-corrected chi connectivity index (χ3v) is 5.31. The van der Waals surface area contributed by atoms with Crippen molar-refractivity contribution in [2.24, 2.45) is 5.92 Å². The number of rotatable bonds is 7. The van der Waals surface area contributed by atoms with Gasteiger partial charge in [-0.25, -0.2) is 0 Å². The minimum Gasteiger partial charge on any atom is -0.469 e. The minimum atomic E-state index is -0.418. The number of esters is 1. The minimum absolute atomic E-state index is 0.193. The quantitative estimate of drug-likeness (QED) is 0.558. The molecule has 0 saturated heterocycles. The number of carbonyl (C=O) groups is 2. The number of ether oxygens (including phenoxy) is 1. The highest BCUT2D eigenvalue weighted by Gasteiger charge is 2.28. The smallest absolute Gasteiger partial charge is 0.311 e. The van der Waals surface area contributed by atoms with Crippen molar-refractivity contribution >= 4 is 11.9 Å². The molecule has 3 rings (SSSR count). The zero-order valence-corrected chi connectivity index (χ0v) is 17.0. The zero-order chi connectivity index (χ0) is 20.6. The van der Waals surface area contributed by atoms with Crippen molar-refractivity contribution in [3.8, 4) is 11.1 Å². The summed E-state index contributed by atoms with van der Waals surface area (Å²) in [5.41, 5.74) is 3.91. The van der Waals surface area contributed by atoms with Crippen molar-refractivity contribution in [2.75, 3.05) is 20.2 Å². The zero-order valence-electron chi connectivity index (χ0n) is 17.0. The van der Waals surface area contributed by atoms with Gasteiger partial charge in [-0.15, -0.1) is 0 Å². The van der Waals surface area contributed by atoms with Gasteiger partial charge in [-0.2, -0.15) is 0 Å². The van der Waals surface area contributed by atoms with Crippen LogP contribution >= 0.6 is 0 Å². The first-order chi connectivity index (χ1) is 14.1. The van der Waals surface area contributed by atoms with Crippen LogP contribution in [0.2, 0.25) is 0 Å². The van der Waals surface area contributed by atoms with E-state index in [1.807, 2.05) is 61.5 Å². The predicted molar refractivity (Wildman–Crippen MR) is 114 cm³/mol. The van der Waals surface area contributed by atoms with E-state index in [0.717, 1.165) is 30.6 Å². The molecule has 1 unspecified atom stereocenters. The van der Waals surface area contributed by atoms with Gasteiger partial charge in [0.2, 0.25) is 0 Å². The van der Waals surface area contributed by atoms with E-state index in [1.165, 1.54) is 12.7 Å². The molecule has 1 aliphatic rings. The number of amides is 1. The van der Waals surface area contributed by atoms with Gasteiger partial charge in [-0.05, 0) is 49.6 Å². The number of hydrogen-bond acceptors (Lipinski definition) is 4. The molecule has 5 nitrogen and oxygen atoms in total. The Morgan fingerprint density at radius 1 is 1.07 bits per heavy atom. The first-order valence-corrected chi connectivity index (χ1v) is 10.0. The molecule has 0 aromatic heterocycles. The van der Waals surface area contributed by atoms with Crippen LogP contribution < -0.4 is 10.6 Å². The maximum Gasteiger partial charge on any atom is 0.311 e. The Hall–Kier alpha value is -2.92. The SMILES string of the molecule is COC(=O)[C@H](CC1=CCCNC1)C(C)NC(=O)c1ccc(-c2ccccc2)cc1. The number of methoxy groups -OCH3 is 1. The first kappa shape index (κ1) is 20.8. The van der Waals surface area contributed by atoms with Crippen LogP contribution in [0, 0.1) is 5.92 Å². The number of hydrogen-bond donors (Lipinski definition) is 2. The lowest BCUT2D eigenvalue weighted by Gasteiger charge is -2.25. The predicted octanol–water partition coefficient (Wildman–Crippen LogP) is 3.57. The summed E-state index contributed by atoms with van der Waals surface area (Å²) in [6.07, 6.45) is 3.70. The second-order valence-electron chi connectivity index (χ2n) is 7.37. The highest BCUT2D eigenvalue weighted by Crippen LogP contribution is 2.21. The molecule has 1 amide bonds. The molecule has 0 bridgehead atoms. The molecule has 0 radical (unpaired) electrons. The Balaban J connectivity index is 1.67. The maximum atomic E-state index is 12.7. The standard InChI is InChI=1S/C24H28N2O3/c1-17(22(24(28)29-2)15-18-7-6-14-25-16-18)26-23(27)21-12-10-20(11-13-21)19-8-4-3-5-9-19/h3-5,7-13,17,22,25H,6,14-16H2,1-2H3,(H,26,27)/t17?,22-/m1/s1. The summed E-state index contributed by atoms with van der Waals surface area (Å²) in [5, 5.41) is 6.29. The molecule has 2 aromatic carbocycles. The summed E-state index contributed by atoms with van der Waals surface area (Å²) in [7, 11) is 1.39. The molecular formula is C24H28N2O3. The lowest BCUT2D eigenvalue weighted by molar-refractivity contribution is -0.146. The normalized spacial score (nSPS) is 15.7. The van der Waals surface area contributed by atoms with E-state index in [2.05, 4.69) is 16.7 Å². The summed E-state index contributed by atoms with van der Waals surface area (Å²) in [4.78, 5) is 25.0. The Labute approximate surface area is 172 Å². The largest absolute Gasteiger partial charge is 0.469 e. The highest BCUT2D eigenvalue weighted by molar-refractivity contribution is 5.95. The fourth-order valence-corrected chi connectivity index (χ4v) is 3.59. The average molecular weight is 392 g/mol. The number of benzene rings is 2. The number of nitrogens with one attached hydrogen (secondary N) is 2. The van der Waals surface area contributed by atoms with E-state index in [9.17, 15) is 9.59 Å². The third kappa shape index (κ3) is 5.55. The molecule has 152 valence electrons. The summed E-state index contributed by atoms with van der Waals surface area (Å²) < 4.78 is 4.99. The van der Waals surface area contributed by atoms with Gasteiger partial charge in [-0.1, -0.05) is 54.1 Å². The molecule has 0 fully saturated rings. The molecule has 0 saturated carbocycles. The van der Waals surface area contributed by atoms with E-state index in [4.69, 9.17) is 4.74 Å². The molecule has 2 N–H and O–H groups in total. The van der Waals surface area contributed by atoms with Crippen LogP contribution in [-0.4, -0.2) is 38.1 Å². The lowest BCUT2D eigenvalue weighted by atomic mass is 9.91. The van der Waals surface area contributed by atoms with Crippen molar-refractivity contribution in [3.63, 3.8) is 0 Å². The van der Waals surface area contributed by atoms with Crippen LogP contribution in [0.4, 0.5) is 0 Å². The lowest BCUT2D eigenvalue weighted by Crippen LogP contribution is -2.42. The fourth-order valence-electron chi connectivity index (χ4n) is 3.59. The molecule has 1 aliphatic heterocycles. The van der Waals surface area contributed by atoms with Crippen molar-refractivity contribution < 1.29 is 14.3 Å². The molecule has 0 spiro atoms. The van der Waals surface area contributed by atoms with E-state index < -0.39 is 5.92 Å². The molecule has 2 aromatic rings. The van der Waals surface area contributed by atoms with Gasteiger partial charge >= 0.3 is 5.97 Å². The van der Waals surface area contributed by atoms with Crippen LogP contribution in [0.15, 0.2) is 66.2 Å². The summed E-state index contributed by atoms with van der Waals surface area (Å²) in [6.45, 7) is 3.58. The number of carbonyl (C=O) groups excluding carboxylic acids is 2. The van der Waals surface area contributed by atoms with Gasteiger partial charge in [-0.3, -0.25) is 9.59 Å². The van der Waals surface area contributed by atoms with Crippen LogP contribution in [0.5, 0.6) is 0 Å². The Morgan fingerprint density at radius 2 is 1.76 bits per heavy atom. The highest BCUT2D eigenvalue weighted by atomic mass is 16.5. The van der Waals surface area contributed by atoms with Crippen LogP contribution in [-0.2, 0) is 9.53 Å². The third-order valence-electron chi connectivity index (χ3n) is 5.31. The summed E-state index contributed by atoms with van der Waals surface area (Å²) in [5.74, 6) is -0.913. The van der Waals surface area contributed by atoms with E-state index in [0.29, 0.717) is 12.0 Å². The van der Waals surface area contributed by atoms with Crippen LogP contribution in [0.1, 0.15) is 30.1 Å². The van der Waals surface area contributed by atoms with Gasteiger partial charge in [0.1, 0.15) is 0 Å². The maximum absolute atomic E-state index is 12.7. The molecule has 5 heteroatoms. The van der Waals surface area contributed by atoms with Crippen LogP contribution in [0.3, 0.4) is 0 Å². The van der Waals surface area contributed by atoms with Gasteiger partial charge in [0.05, 0.1) is 13.0 Å². The van der Waals surface area contributed by atoms with E-state index in [-0.39, 0.29) is 17.9 Å². The molecular weight excluding hydrogens is 364 g/mol. The average Bonchev–Trinajstić information content (AvgIpc) is 2.78. The van der Waals surface area contributed by atoms with Crippen molar-refractivity contribution in [3.05, 3.63) is 71.8 Å².